The Morgan fingerprint density at radius 2 is 1.64 bits per heavy atom. The van der Waals surface area contributed by atoms with Gasteiger partial charge in [0.1, 0.15) is 17.6 Å². The number of hydrogen-bond acceptors (Lipinski definition) is 3. The Balaban J connectivity index is 2.23. The highest BCUT2D eigenvalue weighted by Gasteiger charge is 2.39. The van der Waals surface area contributed by atoms with Gasteiger partial charge in [-0.2, -0.15) is 5.26 Å². The van der Waals surface area contributed by atoms with E-state index in [9.17, 15) is 18.4 Å². The Bertz CT molecular complexity index is 855. The maximum Gasteiger partial charge on any atom is 0.266 e. The van der Waals surface area contributed by atoms with Gasteiger partial charge in [-0.15, -0.1) is 0 Å². The highest BCUT2D eigenvalue weighted by atomic mass is 79.9. The van der Waals surface area contributed by atoms with Gasteiger partial charge in [-0.25, -0.2) is 13.7 Å². The van der Waals surface area contributed by atoms with Crippen molar-refractivity contribution in [2.75, 3.05) is 4.90 Å². The Labute approximate surface area is 131 Å². The lowest BCUT2D eigenvalue weighted by Crippen LogP contribution is -2.31. The summed E-state index contributed by atoms with van der Waals surface area (Å²) in [5.41, 5.74) is -0.834. The van der Waals surface area contributed by atoms with E-state index in [0.29, 0.717) is 11.0 Å². The molecular formula is C15H5BrF2N2O2. The van der Waals surface area contributed by atoms with Gasteiger partial charge in [-0.3, -0.25) is 9.59 Å². The summed E-state index contributed by atoms with van der Waals surface area (Å²) in [6.07, 6.45) is 0. The molecule has 1 heterocycles. The molecule has 0 saturated heterocycles. The maximum atomic E-state index is 14.2. The van der Waals surface area contributed by atoms with Crippen molar-refractivity contribution in [3.8, 4) is 6.07 Å². The van der Waals surface area contributed by atoms with Crippen LogP contribution in [0.15, 0.2) is 34.8 Å². The Morgan fingerprint density at radius 3 is 2.14 bits per heavy atom. The molecule has 2 amide bonds. The lowest BCUT2D eigenvalue weighted by Gasteiger charge is -2.17. The molecule has 0 saturated carbocycles. The third kappa shape index (κ3) is 1.84. The molecule has 0 aliphatic carbocycles. The van der Waals surface area contributed by atoms with Crippen LogP contribution in [-0.4, -0.2) is 11.8 Å². The number of carbonyl (C=O) groups excluding carboxylic acids is 2. The Kier molecular flexibility index (Phi) is 3.26. The van der Waals surface area contributed by atoms with E-state index in [1.54, 1.807) is 12.1 Å². The van der Waals surface area contributed by atoms with Crippen molar-refractivity contribution in [1.82, 2.24) is 0 Å². The van der Waals surface area contributed by atoms with Gasteiger partial charge in [0.05, 0.1) is 21.2 Å². The van der Waals surface area contributed by atoms with Crippen LogP contribution < -0.4 is 4.90 Å². The van der Waals surface area contributed by atoms with Crippen LogP contribution in [0.1, 0.15) is 26.3 Å². The first-order valence-electron chi connectivity index (χ1n) is 6.02. The first-order valence-corrected chi connectivity index (χ1v) is 6.82. The zero-order valence-electron chi connectivity index (χ0n) is 10.7. The van der Waals surface area contributed by atoms with Crippen molar-refractivity contribution >= 4 is 33.4 Å². The van der Waals surface area contributed by atoms with Crippen molar-refractivity contribution in [3.63, 3.8) is 0 Å². The highest BCUT2D eigenvalue weighted by molar-refractivity contribution is 9.10. The van der Waals surface area contributed by atoms with Crippen molar-refractivity contribution in [2.24, 2.45) is 0 Å². The molecule has 22 heavy (non-hydrogen) atoms. The molecule has 7 heteroatoms. The molecule has 0 bridgehead atoms. The van der Waals surface area contributed by atoms with Gasteiger partial charge >= 0.3 is 0 Å². The molecular weight excluding hydrogens is 358 g/mol. The molecule has 3 rings (SSSR count). The average molecular weight is 363 g/mol. The number of nitrogens with zero attached hydrogens (tertiary/aromatic N) is 2. The number of anilines is 1. The standard InChI is InChI=1S/C15H5BrF2N2O2/c16-11-12(18)7(6-19)5-10(17)13(11)20-14(21)8-3-1-2-4-9(8)15(20)22/h1-5H. The normalized spacial score (nSPS) is 13.3. The van der Waals surface area contributed by atoms with Crippen LogP contribution in [0, 0.1) is 23.0 Å². The van der Waals surface area contributed by atoms with E-state index in [1.165, 1.54) is 18.2 Å². The minimum Gasteiger partial charge on any atom is -0.268 e. The molecule has 0 atom stereocenters. The van der Waals surface area contributed by atoms with E-state index in [2.05, 4.69) is 15.9 Å². The van der Waals surface area contributed by atoms with Gasteiger partial charge in [0.15, 0.2) is 5.82 Å². The van der Waals surface area contributed by atoms with Crippen LogP contribution in [0.5, 0.6) is 0 Å². The molecule has 4 nitrogen and oxygen atoms in total. The predicted octanol–water partition coefficient (Wildman–Crippen LogP) is 3.40. The second-order valence-corrected chi connectivity index (χ2v) is 5.28. The van der Waals surface area contributed by atoms with Gasteiger partial charge in [-0.05, 0) is 34.1 Å². The number of imide groups is 1. The minimum atomic E-state index is -1.04. The van der Waals surface area contributed by atoms with E-state index in [4.69, 9.17) is 5.26 Å². The smallest absolute Gasteiger partial charge is 0.266 e. The number of carbonyl (C=O) groups is 2. The number of rotatable bonds is 1. The SMILES string of the molecule is N#Cc1cc(F)c(N2C(=O)c3ccccc3C2=O)c(Br)c1F. The van der Waals surface area contributed by atoms with E-state index in [-0.39, 0.29) is 11.1 Å². The Hall–Kier alpha value is -2.59. The van der Waals surface area contributed by atoms with Gasteiger partial charge in [0, 0.05) is 0 Å². The van der Waals surface area contributed by atoms with Crippen molar-refractivity contribution in [1.29, 1.82) is 5.26 Å². The van der Waals surface area contributed by atoms with Crippen LogP contribution in [-0.2, 0) is 0 Å². The maximum absolute atomic E-state index is 14.2. The second kappa shape index (κ2) is 5.00. The Morgan fingerprint density at radius 1 is 1.09 bits per heavy atom. The molecule has 0 N–H and O–H groups in total. The molecule has 2 aromatic carbocycles. The van der Waals surface area contributed by atoms with Crippen LogP contribution >= 0.6 is 15.9 Å². The van der Waals surface area contributed by atoms with Gasteiger partial charge in [-0.1, -0.05) is 12.1 Å². The monoisotopic (exact) mass is 362 g/mol. The fraction of sp³-hybridized carbons (Fsp3) is 0. The lowest BCUT2D eigenvalue weighted by atomic mass is 10.1. The van der Waals surface area contributed by atoms with E-state index >= 15 is 0 Å². The molecule has 0 fully saturated rings. The van der Waals surface area contributed by atoms with Crippen molar-refractivity contribution in [3.05, 3.63) is 63.1 Å². The predicted molar refractivity (Wildman–Crippen MR) is 76.4 cm³/mol. The molecule has 0 spiro atoms. The molecule has 0 radical (unpaired) electrons. The van der Waals surface area contributed by atoms with E-state index < -0.39 is 39.2 Å². The molecule has 2 aromatic rings. The zero-order chi connectivity index (χ0) is 16.0. The summed E-state index contributed by atoms with van der Waals surface area (Å²) in [4.78, 5) is 25.2. The molecule has 1 aliphatic rings. The quantitative estimate of drug-likeness (QED) is 0.576. The second-order valence-electron chi connectivity index (χ2n) is 4.49. The summed E-state index contributed by atoms with van der Waals surface area (Å²) < 4.78 is 27.8. The lowest BCUT2D eigenvalue weighted by molar-refractivity contribution is 0.0924. The fourth-order valence-corrected chi connectivity index (χ4v) is 2.84. The van der Waals surface area contributed by atoms with Gasteiger partial charge < -0.3 is 0 Å². The summed E-state index contributed by atoms with van der Waals surface area (Å²) in [7, 11) is 0. The minimum absolute atomic E-state index is 0.114. The molecule has 0 unspecified atom stereocenters. The molecule has 0 aromatic heterocycles. The topological polar surface area (TPSA) is 61.2 Å². The third-order valence-electron chi connectivity index (χ3n) is 3.27. The number of hydrogen-bond donors (Lipinski definition) is 0. The summed E-state index contributed by atoms with van der Waals surface area (Å²) >= 11 is 2.82. The van der Waals surface area contributed by atoms with Crippen molar-refractivity contribution in [2.45, 2.75) is 0 Å². The van der Waals surface area contributed by atoms with Gasteiger partial charge in [0.2, 0.25) is 0 Å². The summed E-state index contributed by atoms with van der Waals surface area (Å²) in [6, 6.07) is 8.15. The van der Waals surface area contributed by atoms with Crippen LogP contribution in [0.3, 0.4) is 0 Å². The highest BCUT2D eigenvalue weighted by Crippen LogP contribution is 2.38. The van der Waals surface area contributed by atoms with E-state index in [0.717, 1.165) is 0 Å². The zero-order valence-corrected chi connectivity index (χ0v) is 12.3. The van der Waals surface area contributed by atoms with Crippen LogP contribution in [0.25, 0.3) is 0 Å². The van der Waals surface area contributed by atoms with Crippen LogP contribution in [0.2, 0.25) is 0 Å². The fourth-order valence-electron chi connectivity index (χ4n) is 2.26. The number of halogens is 3. The van der Waals surface area contributed by atoms with E-state index in [1.807, 2.05) is 0 Å². The number of fused-ring (bicyclic) bond motifs is 1. The van der Waals surface area contributed by atoms with Crippen molar-refractivity contribution < 1.29 is 18.4 Å². The number of amides is 2. The summed E-state index contributed by atoms with van der Waals surface area (Å²) in [5, 5.41) is 8.74. The largest absolute Gasteiger partial charge is 0.268 e. The van der Waals surface area contributed by atoms with Gasteiger partial charge in [0.25, 0.3) is 11.8 Å². The summed E-state index contributed by atoms with van der Waals surface area (Å²) in [5.74, 6) is -3.57. The van der Waals surface area contributed by atoms with Crippen LogP contribution in [0.4, 0.5) is 14.5 Å². The summed E-state index contributed by atoms with van der Waals surface area (Å²) in [6.45, 7) is 0. The first kappa shape index (κ1) is 14.4. The average Bonchev–Trinajstić information content (AvgIpc) is 2.77. The molecule has 1 aliphatic heterocycles. The third-order valence-corrected chi connectivity index (χ3v) is 4.00. The number of benzene rings is 2. The first-order chi connectivity index (χ1) is 10.5. The molecule has 108 valence electrons. The number of nitriles is 1.